The van der Waals surface area contributed by atoms with E-state index >= 15 is 0 Å². The number of benzene rings is 1. The smallest absolute Gasteiger partial charge is 0.253 e. The van der Waals surface area contributed by atoms with E-state index in [-0.39, 0.29) is 23.1 Å². The van der Waals surface area contributed by atoms with Crippen LogP contribution in [0.3, 0.4) is 0 Å². The van der Waals surface area contributed by atoms with Crippen molar-refractivity contribution in [2.45, 2.75) is 38.0 Å². The summed E-state index contributed by atoms with van der Waals surface area (Å²) in [5.41, 5.74) is 4.01. The molecule has 154 valence electrons. The van der Waals surface area contributed by atoms with Crippen LogP contribution in [0.15, 0.2) is 42.7 Å². The van der Waals surface area contributed by atoms with Gasteiger partial charge in [0.2, 0.25) is 5.91 Å². The largest absolute Gasteiger partial charge is 0.351 e. The molecule has 1 aromatic carbocycles. The molecule has 6 nitrogen and oxygen atoms in total. The Kier molecular flexibility index (Phi) is 4.20. The van der Waals surface area contributed by atoms with Gasteiger partial charge in [0.05, 0.1) is 5.92 Å². The van der Waals surface area contributed by atoms with Crippen LogP contribution in [0, 0.1) is 0 Å². The fraction of sp³-hybridized carbons (Fsp3) is 0.375. The molecule has 5 rings (SSSR count). The molecule has 1 saturated heterocycles. The number of aromatic nitrogens is 2. The van der Waals surface area contributed by atoms with Crippen molar-refractivity contribution in [2.75, 3.05) is 18.4 Å². The lowest BCUT2D eigenvalue weighted by atomic mass is 9.72. The van der Waals surface area contributed by atoms with Crippen LogP contribution in [0.4, 0.5) is 5.82 Å². The molecule has 3 aromatic rings. The van der Waals surface area contributed by atoms with Crippen molar-refractivity contribution >= 4 is 28.5 Å². The Hall–Kier alpha value is -3.15. The minimum Gasteiger partial charge on any atom is -0.351 e. The van der Waals surface area contributed by atoms with Gasteiger partial charge in [0.25, 0.3) is 5.91 Å². The van der Waals surface area contributed by atoms with Crippen molar-refractivity contribution in [3.8, 4) is 0 Å². The highest BCUT2D eigenvalue weighted by Crippen LogP contribution is 2.43. The van der Waals surface area contributed by atoms with Gasteiger partial charge in [0.1, 0.15) is 5.82 Å². The molecule has 0 bridgehead atoms. The van der Waals surface area contributed by atoms with E-state index in [9.17, 15) is 9.59 Å². The zero-order chi connectivity index (χ0) is 21.0. The number of fused-ring (bicyclic) bond motifs is 2. The number of carbonyl (C=O) groups excluding carboxylic acids is 2. The first-order valence-corrected chi connectivity index (χ1v) is 10.5. The van der Waals surface area contributed by atoms with E-state index in [2.05, 4.69) is 27.9 Å². The summed E-state index contributed by atoms with van der Waals surface area (Å²) in [5.74, 6) is 0.615. The van der Waals surface area contributed by atoms with Crippen LogP contribution in [0.1, 0.15) is 54.1 Å². The molecule has 0 spiro atoms. The number of hydrogen-bond acceptors (Lipinski definition) is 3. The van der Waals surface area contributed by atoms with Crippen molar-refractivity contribution < 1.29 is 9.59 Å². The molecule has 6 heteroatoms. The van der Waals surface area contributed by atoms with Gasteiger partial charge in [-0.05, 0) is 61.1 Å². The zero-order valence-corrected chi connectivity index (χ0v) is 17.6. The maximum absolute atomic E-state index is 13.1. The van der Waals surface area contributed by atoms with Crippen molar-refractivity contribution in [2.24, 2.45) is 7.05 Å². The van der Waals surface area contributed by atoms with Crippen LogP contribution in [-0.2, 0) is 17.3 Å². The Bertz CT molecular complexity index is 1170. The van der Waals surface area contributed by atoms with Crippen molar-refractivity contribution in [3.05, 3.63) is 59.4 Å². The van der Waals surface area contributed by atoms with E-state index in [0.717, 1.165) is 34.9 Å². The number of aryl methyl sites for hydroxylation is 1. The summed E-state index contributed by atoms with van der Waals surface area (Å²) < 4.78 is 2.06. The Balaban J connectivity index is 1.37. The summed E-state index contributed by atoms with van der Waals surface area (Å²) in [5, 5.41) is 3.98. The van der Waals surface area contributed by atoms with Crippen molar-refractivity contribution in [3.63, 3.8) is 0 Å². The molecule has 0 unspecified atom stereocenters. The lowest BCUT2D eigenvalue weighted by molar-refractivity contribution is -0.116. The molecular weight excluding hydrogens is 376 g/mol. The summed E-state index contributed by atoms with van der Waals surface area (Å²) in [6, 6.07) is 10.0. The lowest BCUT2D eigenvalue weighted by Gasteiger charge is -2.41. The number of pyridine rings is 1. The Morgan fingerprint density at radius 2 is 1.97 bits per heavy atom. The third-order valence-corrected chi connectivity index (χ3v) is 6.99. The van der Waals surface area contributed by atoms with E-state index < -0.39 is 0 Å². The molecule has 0 aliphatic carbocycles. The number of likely N-dealkylation sites (tertiary alicyclic amines) is 1. The van der Waals surface area contributed by atoms with E-state index in [1.54, 1.807) is 6.20 Å². The van der Waals surface area contributed by atoms with Gasteiger partial charge in [-0.15, -0.1) is 0 Å². The van der Waals surface area contributed by atoms with Crippen molar-refractivity contribution in [1.29, 1.82) is 0 Å². The van der Waals surface area contributed by atoms with E-state index in [4.69, 9.17) is 0 Å². The molecule has 0 radical (unpaired) electrons. The first kappa shape index (κ1) is 18.9. The van der Waals surface area contributed by atoms with Gasteiger partial charge in [0, 0.05) is 54.6 Å². The van der Waals surface area contributed by atoms with Crippen LogP contribution in [0.25, 0.3) is 10.9 Å². The predicted octanol–water partition coefficient (Wildman–Crippen LogP) is 3.82. The van der Waals surface area contributed by atoms with Gasteiger partial charge in [-0.25, -0.2) is 4.98 Å². The summed E-state index contributed by atoms with van der Waals surface area (Å²) in [4.78, 5) is 31.6. The van der Waals surface area contributed by atoms with Gasteiger partial charge in [0.15, 0.2) is 0 Å². The van der Waals surface area contributed by atoms with E-state index in [1.165, 1.54) is 5.56 Å². The highest BCUT2D eigenvalue weighted by atomic mass is 16.2. The summed E-state index contributed by atoms with van der Waals surface area (Å²) >= 11 is 0. The Morgan fingerprint density at radius 1 is 1.20 bits per heavy atom. The Morgan fingerprint density at radius 3 is 2.73 bits per heavy atom. The van der Waals surface area contributed by atoms with Gasteiger partial charge in [-0.2, -0.15) is 0 Å². The first-order valence-electron chi connectivity index (χ1n) is 10.5. The Labute approximate surface area is 175 Å². The average molecular weight is 402 g/mol. The molecule has 30 heavy (non-hydrogen) atoms. The number of nitrogens with one attached hydrogen (secondary N) is 1. The molecule has 1 fully saturated rings. The third kappa shape index (κ3) is 2.82. The summed E-state index contributed by atoms with van der Waals surface area (Å²) in [6.07, 6.45) is 5.52. The quantitative estimate of drug-likeness (QED) is 0.709. The van der Waals surface area contributed by atoms with Gasteiger partial charge in [-0.1, -0.05) is 6.92 Å². The number of piperidine rings is 1. The molecule has 1 N–H and O–H groups in total. The summed E-state index contributed by atoms with van der Waals surface area (Å²) in [6.45, 7) is 5.59. The predicted molar refractivity (Wildman–Crippen MR) is 117 cm³/mol. The molecule has 1 atom stereocenters. The topological polar surface area (TPSA) is 67.2 Å². The summed E-state index contributed by atoms with van der Waals surface area (Å²) in [7, 11) is 2.01. The van der Waals surface area contributed by atoms with Crippen LogP contribution < -0.4 is 5.32 Å². The minimum absolute atomic E-state index is 0.0115. The molecule has 2 aromatic heterocycles. The fourth-order valence-corrected chi connectivity index (χ4v) is 4.96. The molecule has 0 saturated carbocycles. The van der Waals surface area contributed by atoms with Crippen LogP contribution in [-0.4, -0.2) is 39.4 Å². The van der Waals surface area contributed by atoms with Gasteiger partial charge >= 0.3 is 0 Å². The number of hydrogen-bond donors (Lipinski definition) is 1. The number of nitrogens with zero attached hydrogens (tertiary/aromatic N) is 3. The minimum atomic E-state index is -0.183. The molecule has 2 amide bonds. The van der Waals surface area contributed by atoms with Crippen molar-refractivity contribution in [1.82, 2.24) is 14.5 Å². The number of carbonyl (C=O) groups is 2. The second-order valence-electron chi connectivity index (χ2n) is 8.88. The second-order valence-corrected chi connectivity index (χ2v) is 8.88. The highest BCUT2D eigenvalue weighted by molar-refractivity contribution is 6.02. The second kappa shape index (κ2) is 6.69. The zero-order valence-electron chi connectivity index (χ0n) is 17.6. The van der Waals surface area contributed by atoms with E-state index in [0.29, 0.717) is 18.9 Å². The normalized spacial score (nSPS) is 20.3. The number of anilines is 1. The highest BCUT2D eigenvalue weighted by Gasteiger charge is 2.39. The monoisotopic (exact) mass is 402 g/mol. The molecule has 4 heterocycles. The fourth-order valence-electron chi connectivity index (χ4n) is 4.96. The van der Waals surface area contributed by atoms with E-state index in [1.807, 2.05) is 49.3 Å². The maximum atomic E-state index is 13.1. The van der Waals surface area contributed by atoms with Crippen LogP contribution in [0.5, 0.6) is 0 Å². The number of rotatable bonds is 2. The standard InChI is InChI=1S/C24H26N4O2/c1-15-20-18(6-10-25-21(20)26-22(15)29)24(2)8-12-28(13-9-24)23(30)17-4-5-19-16(14-17)7-11-27(19)3/h4-7,10-11,14-15H,8-9,12-13H2,1-3H3,(H,25,26,29)/t15-/m0/s1. The number of amides is 2. The average Bonchev–Trinajstić information content (AvgIpc) is 3.27. The SMILES string of the molecule is C[C@@H]1C(=O)Nc2nccc(C3(C)CCN(C(=O)c4ccc5c(ccn5C)c4)CC3)c21. The van der Waals surface area contributed by atoms with Crippen LogP contribution >= 0.6 is 0 Å². The van der Waals surface area contributed by atoms with Gasteiger partial charge < -0.3 is 14.8 Å². The lowest BCUT2D eigenvalue weighted by Crippen LogP contribution is -2.44. The molecular formula is C24H26N4O2. The third-order valence-electron chi connectivity index (χ3n) is 6.99. The van der Waals surface area contributed by atoms with Crippen LogP contribution in [0.2, 0.25) is 0 Å². The first-order chi connectivity index (χ1) is 14.4. The molecule has 2 aliphatic rings. The van der Waals surface area contributed by atoms with Gasteiger partial charge in [-0.3, -0.25) is 9.59 Å². The maximum Gasteiger partial charge on any atom is 0.253 e. The molecule has 2 aliphatic heterocycles.